The van der Waals surface area contributed by atoms with Gasteiger partial charge in [-0.25, -0.2) is 4.79 Å². The molecular formula is C18H17NO3. The fourth-order valence-electron chi connectivity index (χ4n) is 1.81. The molecule has 22 heavy (non-hydrogen) atoms. The predicted molar refractivity (Wildman–Crippen MR) is 87.7 cm³/mol. The highest BCUT2D eigenvalue weighted by molar-refractivity contribution is 5.89. The van der Waals surface area contributed by atoms with E-state index in [-0.39, 0.29) is 0 Å². The zero-order valence-electron chi connectivity index (χ0n) is 12.5. The molecule has 0 atom stereocenters. The second-order valence-corrected chi connectivity index (χ2v) is 4.45. The van der Waals surface area contributed by atoms with Crippen molar-refractivity contribution in [3.63, 3.8) is 0 Å². The largest absolute Gasteiger partial charge is 0.497 e. The van der Waals surface area contributed by atoms with E-state index in [0.717, 1.165) is 22.6 Å². The molecule has 0 amide bonds. The van der Waals surface area contributed by atoms with Gasteiger partial charge in [-0.15, -0.1) is 0 Å². The van der Waals surface area contributed by atoms with Gasteiger partial charge < -0.3 is 9.47 Å². The third-order valence-electron chi connectivity index (χ3n) is 3.01. The van der Waals surface area contributed by atoms with E-state index >= 15 is 0 Å². The summed E-state index contributed by atoms with van der Waals surface area (Å²) < 4.78 is 9.71. The highest BCUT2D eigenvalue weighted by Crippen LogP contribution is 2.20. The van der Waals surface area contributed by atoms with Crippen LogP contribution in [0.25, 0.3) is 6.08 Å². The highest BCUT2D eigenvalue weighted by atomic mass is 16.5. The lowest BCUT2D eigenvalue weighted by molar-refractivity contribution is -0.134. The van der Waals surface area contributed by atoms with Crippen LogP contribution in [0.4, 0.5) is 5.69 Å². The Kier molecular flexibility index (Phi) is 5.49. The van der Waals surface area contributed by atoms with Crippen LogP contribution in [0, 0.1) is 0 Å². The van der Waals surface area contributed by atoms with Crippen molar-refractivity contribution in [2.45, 2.75) is 0 Å². The molecule has 2 aromatic carbocycles. The van der Waals surface area contributed by atoms with Gasteiger partial charge in [-0.05, 0) is 42.0 Å². The summed E-state index contributed by atoms with van der Waals surface area (Å²) in [4.78, 5) is 15.6. The van der Waals surface area contributed by atoms with Gasteiger partial charge in [-0.3, -0.25) is 4.99 Å². The smallest absolute Gasteiger partial charge is 0.330 e. The summed E-state index contributed by atoms with van der Waals surface area (Å²) in [5.41, 5.74) is 2.59. The molecule has 0 saturated heterocycles. The highest BCUT2D eigenvalue weighted by Gasteiger charge is 1.98. The fourth-order valence-corrected chi connectivity index (χ4v) is 1.81. The number of hydrogen-bond acceptors (Lipinski definition) is 4. The lowest BCUT2D eigenvalue weighted by Gasteiger charge is -2.01. The van der Waals surface area contributed by atoms with Gasteiger partial charge >= 0.3 is 5.97 Å². The number of nitrogens with zero attached hydrogens (tertiary/aromatic N) is 1. The van der Waals surface area contributed by atoms with Crippen LogP contribution in [0.2, 0.25) is 0 Å². The Morgan fingerprint density at radius 1 is 1.05 bits per heavy atom. The van der Waals surface area contributed by atoms with Crippen molar-refractivity contribution in [3.05, 3.63) is 65.7 Å². The quantitative estimate of drug-likeness (QED) is 0.481. The molecule has 0 spiro atoms. The van der Waals surface area contributed by atoms with E-state index in [1.807, 2.05) is 48.5 Å². The molecule has 0 fully saturated rings. The Hall–Kier alpha value is -2.88. The van der Waals surface area contributed by atoms with E-state index in [1.54, 1.807) is 19.4 Å². The van der Waals surface area contributed by atoms with E-state index in [9.17, 15) is 4.79 Å². The first-order chi connectivity index (χ1) is 10.7. The van der Waals surface area contributed by atoms with Crippen molar-refractivity contribution >= 4 is 23.9 Å². The summed E-state index contributed by atoms with van der Waals surface area (Å²) >= 11 is 0. The predicted octanol–water partition coefficient (Wildman–Crippen LogP) is 3.63. The third-order valence-corrected chi connectivity index (χ3v) is 3.01. The Morgan fingerprint density at radius 2 is 1.77 bits per heavy atom. The van der Waals surface area contributed by atoms with Gasteiger partial charge in [0.25, 0.3) is 0 Å². The van der Waals surface area contributed by atoms with Crippen molar-refractivity contribution in [1.29, 1.82) is 0 Å². The Morgan fingerprint density at radius 3 is 2.45 bits per heavy atom. The average molecular weight is 295 g/mol. The zero-order valence-corrected chi connectivity index (χ0v) is 12.5. The van der Waals surface area contributed by atoms with Gasteiger partial charge in [0.2, 0.25) is 0 Å². The average Bonchev–Trinajstić information content (AvgIpc) is 2.59. The van der Waals surface area contributed by atoms with Gasteiger partial charge in [0.15, 0.2) is 0 Å². The maximum atomic E-state index is 11.2. The zero-order chi connectivity index (χ0) is 15.8. The molecule has 0 aromatic heterocycles. The molecule has 0 radical (unpaired) electrons. The van der Waals surface area contributed by atoms with E-state index in [0.29, 0.717) is 0 Å². The SMILES string of the molecule is COC(=O)/C=C/c1ccccc1N=Cc1ccc(OC)cc1. The van der Waals surface area contributed by atoms with Crippen LogP contribution in [0.5, 0.6) is 5.75 Å². The van der Waals surface area contributed by atoms with E-state index in [2.05, 4.69) is 9.73 Å². The van der Waals surface area contributed by atoms with E-state index < -0.39 is 5.97 Å². The molecule has 0 saturated carbocycles. The topological polar surface area (TPSA) is 47.9 Å². The maximum absolute atomic E-state index is 11.2. The molecule has 4 heteroatoms. The summed E-state index contributed by atoms with van der Waals surface area (Å²) in [5, 5.41) is 0. The van der Waals surface area contributed by atoms with Crippen LogP contribution >= 0.6 is 0 Å². The van der Waals surface area contributed by atoms with Gasteiger partial charge in [0.05, 0.1) is 19.9 Å². The minimum absolute atomic E-state index is 0.395. The number of hydrogen-bond donors (Lipinski definition) is 0. The van der Waals surface area contributed by atoms with Crippen LogP contribution in [0.15, 0.2) is 59.6 Å². The number of rotatable bonds is 5. The summed E-state index contributed by atoms with van der Waals surface area (Å²) in [5.74, 6) is 0.410. The van der Waals surface area contributed by atoms with Gasteiger partial charge in [0.1, 0.15) is 5.75 Å². The second-order valence-electron chi connectivity index (χ2n) is 4.45. The Labute approximate surface area is 129 Å². The first kappa shape index (κ1) is 15.5. The first-order valence-electron chi connectivity index (χ1n) is 6.76. The number of methoxy groups -OCH3 is 2. The van der Waals surface area contributed by atoms with Crippen molar-refractivity contribution in [3.8, 4) is 5.75 Å². The Balaban J connectivity index is 2.19. The molecule has 0 unspecified atom stereocenters. The minimum atomic E-state index is -0.395. The summed E-state index contributed by atoms with van der Waals surface area (Å²) in [6.45, 7) is 0. The molecular weight excluding hydrogens is 278 g/mol. The second kappa shape index (κ2) is 7.78. The monoisotopic (exact) mass is 295 g/mol. The Bertz CT molecular complexity index is 688. The van der Waals surface area contributed by atoms with Gasteiger partial charge in [0, 0.05) is 17.9 Å². The van der Waals surface area contributed by atoms with Crippen molar-refractivity contribution in [1.82, 2.24) is 0 Å². The standard InChI is InChI=1S/C18H17NO3/c1-21-16-10-7-14(8-11-16)13-19-17-6-4-3-5-15(17)9-12-18(20)22-2/h3-13H,1-2H3/b12-9+,19-13?. The normalized spacial score (nSPS) is 11.0. The van der Waals surface area contributed by atoms with Crippen molar-refractivity contribution in [2.75, 3.05) is 14.2 Å². The summed E-state index contributed by atoms with van der Waals surface area (Å²) in [6.07, 6.45) is 4.83. The lowest BCUT2D eigenvalue weighted by atomic mass is 10.1. The van der Waals surface area contributed by atoms with Crippen LogP contribution in [0.1, 0.15) is 11.1 Å². The fraction of sp³-hybridized carbons (Fsp3) is 0.111. The van der Waals surface area contributed by atoms with Crippen LogP contribution in [0.3, 0.4) is 0 Å². The summed E-state index contributed by atoms with van der Waals surface area (Å²) in [7, 11) is 2.98. The number of esters is 1. The molecule has 112 valence electrons. The lowest BCUT2D eigenvalue weighted by Crippen LogP contribution is -1.93. The molecule has 0 N–H and O–H groups in total. The maximum Gasteiger partial charge on any atom is 0.330 e. The molecule has 0 heterocycles. The van der Waals surface area contributed by atoms with E-state index in [1.165, 1.54) is 13.2 Å². The minimum Gasteiger partial charge on any atom is -0.497 e. The van der Waals surface area contributed by atoms with Crippen molar-refractivity contribution < 1.29 is 14.3 Å². The number of para-hydroxylation sites is 1. The van der Waals surface area contributed by atoms with Crippen LogP contribution in [-0.4, -0.2) is 26.4 Å². The van der Waals surface area contributed by atoms with Crippen LogP contribution < -0.4 is 4.74 Å². The molecule has 2 rings (SSSR count). The van der Waals surface area contributed by atoms with Gasteiger partial charge in [-0.1, -0.05) is 18.2 Å². The number of carbonyl (C=O) groups is 1. The third kappa shape index (κ3) is 4.31. The molecule has 0 bridgehead atoms. The van der Waals surface area contributed by atoms with Gasteiger partial charge in [-0.2, -0.15) is 0 Å². The molecule has 0 aliphatic heterocycles. The number of benzene rings is 2. The summed E-state index contributed by atoms with van der Waals surface area (Å²) in [6, 6.07) is 15.2. The number of carbonyl (C=O) groups excluding carboxylic acids is 1. The number of aliphatic imine (C=N–C) groups is 1. The van der Waals surface area contributed by atoms with E-state index in [4.69, 9.17) is 4.74 Å². The van der Waals surface area contributed by atoms with Crippen molar-refractivity contribution in [2.24, 2.45) is 4.99 Å². The number of ether oxygens (including phenoxy) is 2. The molecule has 0 aliphatic rings. The molecule has 4 nitrogen and oxygen atoms in total. The first-order valence-corrected chi connectivity index (χ1v) is 6.76. The molecule has 2 aromatic rings. The molecule has 0 aliphatic carbocycles. The van der Waals surface area contributed by atoms with Crippen LogP contribution in [-0.2, 0) is 9.53 Å².